The second-order valence-corrected chi connectivity index (χ2v) is 2.38. The lowest BCUT2D eigenvalue weighted by Crippen LogP contribution is -2.05. The number of rotatable bonds is 1. The quantitative estimate of drug-likeness (QED) is 0.700. The molecule has 2 nitrogen and oxygen atoms in total. The van der Waals surface area contributed by atoms with Crippen molar-refractivity contribution in [3.05, 3.63) is 35.4 Å². The van der Waals surface area contributed by atoms with E-state index in [0.29, 0.717) is 0 Å². The second kappa shape index (κ2) is 3.08. The van der Waals surface area contributed by atoms with Crippen LogP contribution in [0.15, 0.2) is 24.3 Å². The summed E-state index contributed by atoms with van der Waals surface area (Å²) < 4.78 is 35.9. The Morgan fingerprint density at radius 2 is 1.62 bits per heavy atom. The average Bonchev–Trinajstić information content (AvgIpc) is 2.03. The number of carbonyl (C=O) groups is 1. The molecule has 1 rings (SSSR count). The van der Waals surface area contributed by atoms with Crippen molar-refractivity contribution in [2.45, 2.75) is 6.18 Å². The first kappa shape index (κ1) is 9.57. The fourth-order valence-corrected chi connectivity index (χ4v) is 0.802. The molecule has 1 N–H and O–H groups in total. The summed E-state index contributed by atoms with van der Waals surface area (Å²) in [6, 6.07) is 3.32. The number of alkyl halides is 3. The highest BCUT2D eigenvalue weighted by Crippen LogP contribution is 2.28. The summed E-state index contributed by atoms with van der Waals surface area (Å²) >= 11 is 0. The molecule has 0 radical (unpaired) electrons. The fourth-order valence-electron chi connectivity index (χ4n) is 0.802. The minimum Gasteiger partial charge on any atom is -0.478 e. The van der Waals surface area contributed by atoms with Crippen molar-refractivity contribution in [2.24, 2.45) is 0 Å². The summed E-state index contributed by atoms with van der Waals surface area (Å²) in [6.45, 7) is 0. The maximum Gasteiger partial charge on any atom is 0.416 e. The molecule has 0 amide bonds. The predicted molar refractivity (Wildman–Crippen MR) is 38.4 cm³/mol. The summed E-state index contributed by atoms with van der Waals surface area (Å²) in [4.78, 5) is 10.3. The number of hydrogen-bond acceptors (Lipinski definition) is 1. The molecule has 0 aliphatic rings. The lowest BCUT2D eigenvalue weighted by Gasteiger charge is -2.05. The van der Waals surface area contributed by atoms with Crippen molar-refractivity contribution in [2.75, 3.05) is 0 Å². The van der Waals surface area contributed by atoms with Crippen LogP contribution in [0.25, 0.3) is 0 Å². The van der Waals surface area contributed by atoms with Gasteiger partial charge in [0.05, 0.1) is 11.1 Å². The van der Waals surface area contributed by atoms with Gasteiger partial charge in [-0.05, 0) is 24.3 Å². The van der Waals surface area contributed by atoms with E-state index in [2.05, 4.69) is 0 Å². The summed E-state index contributed by atoms with van der Waals surface area (Å²) in [5, 5.41) is 8.40. The summed E-state index contributed by atoms with van der Waals surface area (Å²) in [6.07, 6.45) is -4.42. The van der Waals surface area contributed by atoms with Crippen molar-refractivity contribution in [1.82, 2.24) is 0 Å². The third-order valence-corrected chi connectivity index (χ3v) is 1.46. The van der Waals surface area contributed by atoms with Crippen molar-refractivity contribution >= 4 is 5.97 Å². The zero-order valence-corrected chi connectivity index (χ0v) is 6.30. The van der Waals surface area contributed by atoms with Gasteiger partial charge in [0.2, 0.25) is 0 Å². The monoisotopic (exact) mass is 196 g/mol. The van der Waals surface area contributed by atoms with Gasteiger partial charge in [0.15, 0.2) is 0 Å². The summed E-state index contributed by atoms with van der Waals surface area (Å²) in [5.41, 5.74) is -1.01. The summed E-state index contributed by atoms with van der Waals surface area (Å²) in [7, 11) is 0. The Balaban J connectivity index is 3.01. The molecule has 0 bridgehead atoms. The fraction of sp³-hybridized carbons (Fsp3) is 0.125. The molecule has 0 fully saturated rings. The molecule has 0 unspecified atom stereocenters. The van der Waals surface area contributed by atoms with Gasteiger partial charge in [-0.25, -0.2) is 4.79 Å². The molecule has 13 heavy (non-hydrogen) atoms. The lowest BCUT2D eigenvalue weighted by atomic mass is 10.8. The zero-order chi connectivity index (χ0) is 10.1. The highest BCUT2D eigenvalue weighted by molar-refractivity contribution is 5.87. The van der Waals surface area contributed by atoms with Crippen molar-refractivity contribution in [3.8, 4) is 0 Å². The molecule has 0 aliphatic carbocycles. The van der Waals surface area contributed by atoms with Gasteiger partial charge in [-0.15, -0.1) is 0 Å². The highest BCUT2D eigenvalue weighted by Gasteiger charge is 2.30. The van der Waals surface area contributed by atoms with Crippen molar-refractivity contribution in [3.63, 3.8) is 0 Å². The molecular formula is C8H5F3O2. The summed E-state index contributed by atoms with van der Waals surface area (Å²) in [5.74, 6) is -1.24. The first-order valence-corrected chi connectivity index (χ1v) is 3.32. The minimum atomic E-state index is -4.42. The van der Waals surface area contributed by atoms with Crippen LogP contribution < -0.4 is 0 Å². The van der Waals surface area contributed by atoms with Crippen molar-refractivity contribution in [1.29, 1.82) is 0 Å². The minimum absolute atomic E-state index is 0.159. The maximum atomic E-state index is 12.0. The molecule has 0 heterocycles. The number of carboxylic acid groups (broad SMARTS) is 1. The Morgan fingerprint density at radius 1 is 1.15 bits per heavy atom. The van der Waals surface area contributed by atoms with Gasteiger partial charge in [0, 0.05) is 0 Å². The number of hydrogen-bond donors (Lipinski definition) is 1. The van der Waals surface area contributed by atoms with Gasteiger partial charge < -0.3 is 5.11 Å². The molecule has 0 saturated heterocycles. The third-order valence-electron chi connectivity index (χ3n) is 1.46. The zero-order valence-electron chi connectivity index (χ0n) is 6.30. The molecule has 0 saturated carbocycles. The Labute approximate surface area is 71.6 Å². The average molecular weight is 196 g/mol. The largest absolute Gasteiger partial charge is 0.478 e. The van der Waals surface area contributed by atoms with Crippen LogP contribution in [0, 0.1) is 0 Å². The second-order valence-electron chi connectivity index (χ2n) is 2.38. The lowest BCUT2D eigenvalue weighted by molar-refractivity contribution is -0.137. The smallest absolute Gasteiger partial charge is 0.416 e. The van der Waals surface area contributed by atoms with E-state index in [1.807, 2.05) is 0 Å². The molecule has 0 aliphatic heterocycles. The molecule has 1 aromatic rings. The van der Waals surface area contributed by atoms with E-state index >= 15 is 0 Å². The normalized spacial score (nSPS) is 11.3. The Morgan fingerprint density at radius 3 is 1.92 bits per heavy atom. The molecule has 0 aromatic heterocycles. The van der Waals surface area contributed by atoms with Crippen LogP contribution in [-0.4, -0.2) is 11.1 Å². The van der Waals surface area contributed by atoms with E-state index < -0.39 is 17.7 Å². The van der Waals surface area contributed by atoms with E-state index in [1.165, 1.54) is 0 Å². The van der Waals surface area contributed by atoms with E-state index in [9.17, 15) is 18.0 Å². The number of aromatic carboxylic acids is 1. The molecule has 0 spiro atoms. The first-order valence-electron chi connectivity index (χ1n) is 3.32. The Hall–Kier alpha value is -1.52. The predicted octanol–water partition coefficient (Wildman–Crippen LogP) is 2.40. The van der Waals surface area contributed by atoms with Crippen LogP contribution in [0.2, 0.25) is 0 Å². The van der Waals surface area contributed by atoms with E-state index in [4.69, 9.17) is 5.11 Å². The SMILES string of the molecule is O=[13C](O)[13c]1c[13cH][13c](C(F)(F)F)[13cH][13cH]1. The van der Waals surface area contributed by atoms with Crippen LogP contribution in [0.3, 0.4) is 0 Å². The molecule has 1 aromatic carbocycles. The molecule has 70 valence electrons. The number of carboxylic acids is 1. The van der Waals surface area contributed by atoms with E-state index in [-0.39, 0.29) is 5.56 Å². The standard InChI is InChI=1S/C8H5F3O2/c9-8(10,11)6-3-1-5(2-4-6)7(12)13/h1-4H,(H,12,13)/i1+1,3+1,4+1,5+1,6+1,7+1. The van der Waals surface area contributed by atoms with Gasteiger partial charge in [0.1, 0.15) is 0 Å². The van der Waals surface area contributed by atoms with Crippen molar-refractivity contribution < 1.29 is 23.1 Å². The maximum absolute atomic E-state index is 12.0. The Bertz CT molecular complexity index is 313. The highest BCUT2D eigenvalue weighted by atomic mass is 19.4. The first-order chi connectivity index (χ1) is 5.91. The van der Waals surface area contributed by atoms with Crippen LogP contribution in [-0.2, 0) is 6.18 Å². The molecule has 5 heteroatoms. The van der Waals surface area contributed by atoms with Gasteiger partial charge in [-0.2, -0.15) is 13.2 Å². The number of halogens is 3. The molecule has 0 atom stereocenters. The van der Waals surface area contributed by atoms with E-state index in [1.54, 1.807) is 0 Å². The van der Waals surface area contributed by atoms with E-state index in [0.717, 1.165) is 24.3 Å². The van der Waals surface area contributed by atoms with Gasteiger partial charge in [0.25, 0.3) is 0 Å². The van der Waals surface area contributed by atoms with Gasteiger partial charge >= 0.3 is 12.1 Å². The van der Waals surface area contributed by atoms with Gasteiger partial charge in [-0.3, -0.25) is 0 Å². The van der Waals surface area contributed by atoms with Crippen LogP contribution in [0.4, 0.5) is 13.2 Å². The Kier molecular flexibility index (Phi) is 2.27. The topological polar surface area (TPSA) is 37.3 Å². The third kappa shape index (κ3) is 2.21. The molecular weight excluding hydrogens is 191 g/mol. The number of benzene rings is 1. The van der Waals surface area contributed by atoms with Crippen LogP contribution >= 0.6 is 0 Å². The van der Waals surface area contributed by atoms with Crippen LogP contribution in [0.5, 0.6) is 0 Å². The van der Waals surface area contributed by atoms with Gasteiger partial charge in [-0.1, -0.05) is 0 Å². The van der Waals surface area contributed by atoms with Crippen LogP contribution in [0.1, 0.15) is 15.9 Å².